The molecule has 1 aliphatic heterocycles. The highest BCUT2D eigenvalue weighted by molar-refractivity contribution is 5.97. The standard InChI is InChI=1S/C29H35N5O/c30-22-13-15-34(18-22)28-23-8-2-1-3-9-25(23)32-26-11-10-20(16-24(26)28)21-12-14-31-27(17-21)33-29(35)19-6-4-5-7-19/h10-12,14,16-17,19,22H,1-9,13,15,18,30H2,(H,31,33,35)/t22-/m0/s1. The van der Waals surface area contributed by atoms with Gasteiger partial charge in [0.1, 0.15) is 5.82 Å². The van der Waals surface area contributed by atoms with Crippen molar-refractivity contribution in [3.63, 3.8) is 0 Å². The first-order chi connectivity index (χ1) is 17.2. The molecule has 3 heterocycles. The van der Waals surface area contributed by atoms with Crippen LogP contribution in [0.15, 0.2) is 36.5 Å². The molecule has 2 aromatic heterocycles. The first-order valence-corrected chi connectivity index (χ1v) is 13.4. The molecule has 3 N–H and O–H groups in total. The third-order valence-electron chi connectivity index (χ3n) is 8.09. The van der Waals surface area contributed by atoms with E-state index in [1.807, 2.05) is 12.1 Å². The molecule has 0 unspecified atom stereocenters. The smallest absolute Gasteiger partial charge is 0.228 e. The molecule has 182 valence electrons. The van der Waals surface area contributed by atoms with E-state index in [4.69, 9.17) is 10.7 Å². The molecule has 6 rings (SSSR count). The summed E-state index contributed by atoms with van der Waals surface area (Å²) in [4.78, 5) is 24.7. The molecule has 1 aromatic carbocycles. The maximum absolute atomic E-state index is 12.6. The molecule has 3 aromatic rings. The lowest BCUT2D eigenvalue weighted by atomic mass is 9.97. The van der Waals surface area contributed by atoms with Crippen LogP contribution >= 0.6 is 0 Å². The molecular formula is C29H35N5O. The first-order valence-electron chi connectivity index (χ1n) is 13.4. The van der Waals surface area contributed by atoms with Gasteiger partial charge in [0.15, 0.2) is 0 Å². The van der Waals surface area contributed by atoms with Crippen molar-refractivity contribution in [2.75, 3.05) is 23.3 Å². The Balaban J connectivity index is 1.39. The van der Waals surface area contributed by atoms with Gasteiger partial charge in [-0.15, -0.1) is 0 Å². The minimum atomic E-state index is 0.102. The molecule has 1 amide bonds. The number of nitrogens with one attached hydrogen (secondary N) is 1. The van der Waals surface area contributed by atoms with Gasteiger partial charge in [0.25, 0.3) is 0 Å². The van der Waals surface area contributed by atoms with E-state index in [1.54, 1.807) is 6.20 Å². The zero-order valence-electron chi connectivity index (χ0n) is 20.4. The van der Waals surface area contributed by atoms with Gasteiger partial charge in [0, 0.05) is 42.3 Å². The number of carbonyl (C=O) groups excluding carboxylic acids is 1. The number of aromatic nitrogens is 2. The van der Waals surface area contributed by atoms with E-state index < -0.39 is 0 Å². The second kappa shape index (κ2) is 9.57. The van der Waals surface area contributed by atoms with Gasteiger partial charge in [-0.1, -0.05) is 25.3 Å². The molecule has 6 heteroatoms. The summed E-state index contributed by atoms with van der Waals surface area (Å²) in [6.45, 7) is 1.91. The van der Waals surface area contributed by atoms with Crippen LogP contribution in [0.4, 0.5) is 11.5 Å². The Kier molecular flexibility index (Phi) is 6.15. The number of hydrogen-bond acceptors (Lipinski definition) is 5. The summed E-state index contributed by atoms with van der Waals surface area (Å²) in [6.07, 6.45) is 12.9. The van der Waals surface area contributed by atoms with Crippen molar-refractivity contribution in [3.8, 4) is 11.1 Å². The van der Waals surface area contributed by atoms with Gasteiger partial charge in [-0.05, 0) is 85.9 Å². The Bertz CT molecular complexity index is 1250. The second-order valence-corrected chi connectivity index (χ2v) is 10.6. The van der Waals surface area contributed by atoms with E-state index in [9.17, 15) is 4.79 Å². The number of nitrogens with zero attached hydrogens (tertiary/aromatic N) is 3. The quantitative estimate of drug-likeness (QED) is 0.511. The lowest BCUT2D eigenvalue weighted by Gasteiger charge is -2.25. The molecule has 35 heavy (non-hydrogen) atoms. The predicted octanol–water partition coefficient (Wildman–Crippen LogP) is 5.23. The van der Waals surface area contributed by atoms with Gasteiger partial charge < -0.3 is 16.0 Å². The van der Waals surface area contributed by atoms with E-state index >= 15 is 0 Å². The van der Waals surface area contributed by atoms with E-state index in [2.05, 4.69) is 33.4 Å². The van der Waals surface area contributed by atoms with E-state index in [0.29, 0.717) is 5.82 Å². The Hall–Kier alpha value is -2.99. The summed E-state index contributed by atoms with van der Waals surface area (Å²) in [7, 11) is 0. The third kappa shape index (κ3) is 4.52. The van der Waals surface area contributed by atoms with Crippen LogP contribution in [0.3, 0.4) is 0 Å². The van der Waals surface area contributed by atoms with E-state index in [0.717, 1.165) is 74.7 Å². The topological polar surface area (TPSA) is 84.1 Å². The molecule has 1 saturated heterocycles. The van der Waals surface area contributed by atoms with E-state index in [1.165, 1.54) is 41.6 Å². The van der Waals surface area contributed by atoms with Crippen molar-refractivity contribution in [1.82, 2.24) is 9.97 Å². The summed E-state index contributed by atoms with van der Waals surface area (Å²) < 4.78 is 0. The highest BCUT2D eigenvalue weighted by Crippen LogP contribution is 2.39. The fraction of sp³-hybridized carbons (Fsp3) is 0.483. The average molecular weight is 470 g/mol. The van der Waals surface area contributed by atoms with Gasteiger partial charge >= 0.3 is 0 Å². The Morgan fingerprint density at radius 2 is 1.80 bits per heavy atom. The number of hydrogen-bond donors (Lipinski definition) is 2. The zero-order valence-corrected chi connectivity index (χ0v) is 20.4. The van der Waals surface area contributed by atoms with Crippen LogP contribution in [0, 0.1) is 5.92 Å². The van der Waals surface area contributed by atoms with Gasteiger partial charge in [0.2, 0.25) is 5.91 Å². The van der Waals surface area contributed by atoms with Crippen molar-refractivity contribution < 1.29 is 4.79 Å². The molecule has 3 aliphatic rings. The molecular weight excluding hydrogens is 434 g/mol. The zero-order chi connectivity index (χ0) is 23.8. The Morgan fingerprint density at radius 1 is 0.971 bits per heavy atom. The SMILES string of the molecule is N[C@H]1CCN(c2c3c(nc4ccc(-c5ccnc(NC(=O)C6CCCC6)c5)cc24)CCCCC3)C1. The lowest BCUT2D eigenvalue weighted by Crippen LogP contribution is -2.27. The van der Waals surface area contributed by atoms with Crippen LogP contribution in [0.2, 0.25) is 0 Å². The number of pyridine rings is 2. The number of benzene rings is 1. The number of rotatable bonds is 4. The van der Waals surface area contributed by atoms with E-state index in [-0.39, 0.29) is 17.9 Å². The monoisotopic (exact) mass is 469 g/mol. The third-order valence-corrected chi connectivity index (χ3v) is 8.09. The number of aryl methyl sites for hydroxylation is 1. The van der Waals surface area contributed by atoms with Crippen molar-refractivity contribution in [1.29, 1.82) is 0 Å². The Morgan fingerprint density at radius 3 is 2.63 bits per heavy atom. The highest BCUT2D eigenvalue weighted by atomic mass is 16.1. The lowest BCUT2D eigenvalue weighted by molar-refractivity contribution is -0.119. The normalized spacial score (nSPS) is 20.7. The minimum Gasteiger partial charge on any atom is -0.369 e. The largest absolute Gasteiger partial charge is 0.369 e. The number of amides is 1. The maximum atomic E-state index is 12.6. The minimum absolute atomic E-state index is 0.102. The van der Waals surface area contributed by atoms with Crippen molar-refractivity contribution in [2.45, 2.75) is 70.3 Å². The van der Waals surface area contributed by atoms with Gasteiger partial charge in [-0.3, -0.25) is 9.78 Å². The van der Waals surface area contributed by atoms with Gasteiger partial charge in [0.05, 0.1) is 11.2 Å². The number of anilines is 2. The maximum Gasteiger partial charge on any atom is 0.228 e. The highest BCUT2D eigenvalue weighted by Gasteiger charge is 2.27. The second-order valence-electron chi connectivity index (χ2n) is 10.6. The van der Waals surface area contributed by atoms with Crippen LogP contribution in [0.1, 0.15) is 62.6 Å². The van der Waals surface area contributed by atoms with Crippen molar-refractivity contribution in [2.24, 2.45) is 11.7 Å². The molecule has 6 nitrogen and oxygen atoms in total. The molecule has 0 radical (unpaired) electrons. The molecule has 2 aliphatic carbocycles. The summed E-state index contributed by atoms with van der Waals surface area (Å²) >= 11 is 0. The van der Waals surface area contributed by atoms with Gasteiger partial charge in [-0.25, -0.2) is 4.98 Å². The molecule has 2 fully saturated rings. The van der Waals surface area contributed by atoms with Crippen LogP contribution in [-0.2, 0) is 17.6 Å². The van der Waals surface area contributed by atoms with Crippen LogP contribution < -0.4 is 16.0 Å². The van der Waals surface area contributed by atoms with Crippen molar-refractivity contribution in [3.05, 3.63) is 47.8 Å². The number of carbonyl (C=O) groups is 1. The molecule has 0 bridgehead atoms. The number of fused-ring (bicyclic) bond motifs is 2. The first kappa shape index (κ1) is 22.5. The van der Waals surface area contributed by atoms with Gasteiger partial charge in [-0.2, -0.15) is 0 Å². The van der Waals surface area contributed by atoms with Crippen LogP contribution in [0.5, 0.6) is 0 Å². The molecule has 0 spiro atoms. The predicted molar refractivity (Wildman–Crippen MR) is 142 cm³/mol. The van der Waals surface area contributed by atoms with Crippen molar-refractivity contribution >= 4 is 28.3 Å². The molecule has 1 saturated carbocycles. The fourth-order valence-electron chi connectivity index (χ4n) is 6.20. The number of nitrogens with two attached hydrogens (primary N) is 1. The summed E-state index contributed by atoms with van der Waals surface area (Å²) in [6, 6.07) is 10.8. The molecule has 1 atom stereocenters. The summed E-state index contributed by atoms with van der Waals surface area (Å²) in [5, 5.41) is 4.27. The van der Waals surface area contributed by atoms with Crippen LogP contribution in [0.25, 0.3) is 22.0 Å². The van der Waals surface area contributed by atoms with Crippen LogP contribution in [-0.4, -0.2) is 35.0 Å². The average Bonchev–Trinajstić information content (AvgIpc) is 3.50. The fourth-order valence-corrected chi connectivity index (χ4v) is 6.20. The summed E-state index contributed by atoms with van der Waals surface area (Å²) in [5.74, 6) is 0.854. The Labute approximate surface area is 207 Å². The summed E-state index contributed by atoms with van der Waals surface area (Å²) in [5.41, 5.74) is 13.6.